The van der Waals surface area contributed by atoms with Gasteiger partial charge in [-0.1, -0.05) is 60.7 Å². The maximum atomic E-state index is 13.8. The van der Waals surface area contributed by atoms with Crippen molar-refractivity contribution in [1.82, 2.24) is 34.6 Å². The van der Waals surface area contributed by atoms with E-state index >= 15 is 0 Å². The number of carbonyl (C=O) groups excluding carboxylic acids is 1. The second-order valence-corrected chi connectivity index (χ2v) is 13.5. The van der Waals surface area contributed by atoms with Crippen molar-refractivity contribution in [2.45, 2.75) is 63.3 Å². The Labute approximate surface area is 312 Å². The van der Waals surface area contributed by atoms with Crippen LogP contribution in [0.25, 0.3) is 0 Å². The van der Waals surface area contributed by atoms with Gasteiger partial charge < -0.3 is 19.1 Å². The molecule has 51 heavy (non-hydrogen) atoms. The zero-order chi connectivity index (χ0) is 33.9. The maximum absolute atomic E-state index is 13.8. The molecule has 0 bridgehead atoms. The zero-order valence-corrected chi connectivity index (χ0v) is 31.2. The number of halogens is 2. The molecule has 2 aromatic carbocycles. The minimum Gasteiger partial charge on any atom is -0.481 e. The maximum Gasteiger partial charge on any atom is 0.274 e. The van der Waals surface area contributed by atoms with Crippen LogP contribution in [0.4, 0.5) is 0 Å². The molecule has 11 nitrogen and oxygen atoms in total. The summed E-state index contributed by atoms with van der Waals surface area (Å²) in [5.74, 6) is 2.64. The van der Waals surface area contributed by atoms with E-state index in [1.807, 2.05) is 18.7 Å². The number of ether oxygens (including phenoxy) is 3. The summed E-state index contributed by atoms with van der Waals surface area (Å²) in [6.45, 7) is 8.05. The number of hydrogen-bond acceptors (Lipinski definition) is 10. The molecule has 2 atom stereocenters. The summed E-state index contributed by atoms with van der Waals surface area (Å²) in [5.41, 5.74) is 3.68. The van der Waals surface area contributed by atoms with E-state index in [-0.39, 0.29) is 60.5 Å². The molecule has 2 aliphatic heterocycles. The smallest absolute Gasteiger partial charge is 0.274 e. The fraction of sp³-hybridized carbons (Fsp3) is 0.447. The van der Waals surface area contributed by atoms with E-state index in [0.29, 0.717) is 43.2 Å². The van der Waals surface area contributed by atoms with Gasteiger partial charge in [-0.15, -0.1) is 24.8 Å². The Morgan fingerprint density at radius 3 is 2.10 bits per heavy atom. The van der Waals surface area contributed by atoms with E-state index in [1.165, 1.54) is 30.6 Å². The Balaban J connectivity index is 0.00000252. The van der Waals surface area contributed by atoms with Crippen LogP contribution in [0.3, 0.4) is 0 Å². The van der Waals surface area contributed by atoms with E-state index < -0.39 is 0 Å². The number of fused-ring (bicyclic) bond motifs is 1. The van der Waals surface area contributed by atoms with Gasteiger partial charge in [0.05, 0.1) is 38.3 Å². The van der Waals surface area contributed by atoms with Crippen LogP contribution in [-0.2, 0) is 6.54 Å². The quantitative estimate of drug-likeness (QED) is 0.192. The topological polar surface area (TPSA) is 106 Å². The van der Waals surface area contributed by atoms with Gasteiger partial charge in [-0.05, 0) is 37.8 Å². The second kappa shape index (κ2) is 17.0. The van der Waals surface area contributed by atoms with Crippen molar-refractivity contribution >= 4 is 30.7 Å². The van der Waals surface area contributed by atoms with Crippen molar-refractivity contribution in [3.8, 4) is 17.6 Å². The van der Waals surface area contributed by atoms with Crippen LogP contribution >= 0.6 is 24.8 Å². The molecule has 1 aliphatic carbocycles. The van der Waals surface area contributed by atoms with Crippen molar-refractivity contribution in [3.63, 3.8) is 0 Å². The largest absolute Gasteiger partial charge is 0.481 e. The van der Waals surface area contributed by atoms with Crippen LogP contribution in [0.1, 0.15) is 71.5 Å². The van der Waals surface area contributed by atoms with Gasteiger partial charge in [-0.3, -0.25) is 19.6 Å². The van der Waals surface area contributed by atoms with E-state index in [0.717, 1.165) is 43.9 Å². The predicted molar refractivity (Wildman–Crippen MR) is 200 cm³/mol. The van der Waals surface area contributed by atoms with E-state index in [1.54, 1.807) is 7.11 Å². The summed E-state index contributed by atoms with van der Waals surface area (Å²) in [6, 6.07) is 21.7. The Morgan fingerprint density at radius 1 is 0.824 bits per heavy atom. The third-order valence-electron chi connectivity index (χ3n) is 9.71. The fourth-order valence-electron chi connectivity index (χ4n) is 7.32. The van der Waals surface area contributed by atoms with Gasteiger partial charge in [0.25, 0.3) is 5.91 Å². The van der Waals surface area contributed by atoms with Crippen LogP contribution in [0.15, 0.2) is 73.1 Å². The van der Waals surface area contributed by atoms with Crippen molar-refractivity contribution in [2.75, 3.05) is 46.9 Å². The third-order valence-corrected chi connectivity index (χ3v) is 9.71. The Kier molecular flexibility index (Phi) is 12.7. The van der Waals surface area contributed by atoms with Crippen molar-refractivity contribution in [1.29, 1.82) is 0 Å². The van der Waals surface area contributed by atoms with Gasteiger partial charge in [-0.25, -0.2) is 4.98 Å². The molecule has 3 fully saturated rings. The molecule has 4 aromatic rings. The Hall–Kier alpha value is -4.03. The number of amides is 1. The average molecular weight is 737 g/mol. The first-order valence-corrected chi connectivity index (χ1v) is 17.3. The standard InChI is InChI=1S/C38H45N7O4.2ClH/c1-25(2)49-37-30(36(48-4)41-35(42-37)28-15-16-28)23-43-21-29-22-44(38(46)31-19-39-20-33(40-31)47-3)17-18-45(29)32(24-43)34(26-11-7-5-8-12-26)27-13-9-6-10-14-27;;/h5-14,19-20,25,28-29,32,34H,15-18,21-24H2,1-4H3;2*1H/t29-,32?;;/m1../s1. The van der Waals surface area contributed by atoms with Gasteiger partial charge in [0, 0.05) is 63.2 Å². The van der Waals surface area contributed by atoms with Crippen LogP contribution in [0.5, 0.6) is 17.6 Å². The van der Waals surface area contributed by atoms with Crippen LogP contribution in [0.2, 0.25) is 0 Å². The lowest BCUT2D eigenvalue weighted by molar-refractivity contribution is -0.0294. The molecule has 0 N–H and O–H groups in total. The van der Waals surface area contributed by atoms with Crippen LogP contribution < -0.4 is 14.2 Å². The monoisotopic (exact) mass is 735 g/mol. The minimum absolute atomic E-state index is 0. The highest BCUT2D eigenvalue weighted by atomic mass is 35.5. The summed E-state index contributed by atoms with van der Waals surface area (Å²) in [6.07, 6.45) is 5.16. The van der Waals surface area contributed by atoms with Crippen molar-refractivity contribution in [2.24, 2.45) is 0 Å². The molecule has 0 spiro atoms. The summed E-state index contributed by atoms with van der Waals surface area (Å²) < 4.78 is 17.5. The van der Waals surface area contributed by atoms with Crippen LogP contribution in [-0.4, -0.2) is 106 Å². The average Bonchev–Trinajstić information content (AvgIpc) is 3.98. The van der Waals surface area contributed by atoms with Gasteiger partial charge in [0.1, 0.15) is 5.82 Å². The SMILES string of the molecule is COc1cncc(C(=O)N2CCN3C(C(c4ccccc4)c4ccccc4)CN(Cc4c(OC)nc(C5CC5)nc4OC(C)C)C[C@@H]3C2)n1.Cl.Cl. The number of nitrogens with zero attached hydrogens (tertiary/aromatic N) is 7. The number of hydrogen-bond donors (Lipinski definition) is 0. The first kappa shape index (κ1) is 38.2. The number of carbonyl (C=O) groups is 1. The molecule has 272 valence electrons. The molecular weight excluding hydrogens is 689 g/mol. The summed E-state index contributed by atoms with van der Waals surface area (Å²) in [4.78, 5) is 39.2. The second-order valence-electron chi connectivity index (χ2n) is 13.5. The Bertz CT molecular complexity index is 1710. The minimum atomic E-state index is -0.138. The van der Waals surface area contributed by atoms with E-state index in [2.05, 4.69) is 80.4 Å². The lowest BCUT2D eigenvalue weighted by atomic mass is 9.81. The molecule has 7 rings (SSSR count). The number of aromatic nitrogens is 4. The highest BCUT2D eigenvalue weighted by Crippen LogP contribution is 2.42. The predicted octanol–water partition coefficient (Wildman–Crippen LogP) is 5.63. The first-order chi connectivity index (χ1) is 23.9. The van der Waals surface area contributed by atoms with Gasteiger partial charge >= 0.3 is 0 Å². The van der Waals surface area contributed by atoms with Gasteiger partial charge in [0.15, 0.2) is 5.69 Å². The van der Waals surface area contributed by atoms with Gasteiger partial charge in [0.2, 0.25) is 17.6 Å². The Morgan fingerprint density at radius 2 is 1.49 bits per heavy atom. The molecule has 0 radical (unpaired) electrons. The third kappa shape index (κ3) is 8.55. The summed E-state index contributed by atoms with van der Waals surface area (Å²) in [5, 5.41) is 0. The highest BCUT2D eigenvalue weighted by Gasteiger charge is 2.44. The summed E-state index contributed by atoms with van der Waals surface area (Å²) in [7, 11) is 3.20. The molecule has 2 aromatic heterocycles. The molecule has 13 heteroatoms. The van der Waals surface area contributed by atoms with Crippen LogP contribution in [0, 0.1) is 0 Å². The lowest BCUT2D eigenvalue weighted by Gasteiger charge is -2.53. The molecule has 1 amide bonds. The van der Waals surface area contributed by atoms with Crippen molar-refractivity contribution in [3.05, 3.63) is 101 Å². The number of piperazine rings is 2. The highest BCUT2D eigenvalue weighted by molar-refractivity contribution is 5.92. The molecule has 2 saturated heterocycles. The summed E-state index contributed by atoms with van der Waals surface area (Å²) >= 11 is 0. The van der Waals surface area contributed by atoms with Crippen molar-refractivity contribution < 1.29 is 19.0 Å². The van der Waals surface area contributed by atoms with E-state index in [4.69, 9.17) is 24.2 Å². The molecule has 3 aliphatic rings. The lowest BCUT2D eigenvalue weighted by Crippen LogP contribution is -2.67. The number of rotatable bonds is 11. The molecule has 1 saturated carbocycles. The first-order valence-electron chi connectivity index (χ1n) is 17.3. The molecule has 4 heterocycles. The normalized spacial score (nSPS) is 19.1. The number of methoxy groups -OCH3 is 2. The molecular formula is C38H47Cl2N7O4. The number of benzene rings is 2. The fourth-order valence-corrected chi connectivity index (χ4v) is 7.32. The molecule has 1 unspecified atom stereocenters. The van der Waals surface area contributed by atoms with E-state index in [9.17, 15) is 4.79 Å². The van der Waals surface area contributed by atoms with Gasteiger partial charge in [-0.2, -0.15) is 9.97 Å². The zero-order valence-electron chi connectivity index (χ0n) is 29.6.